The Balaban J connectivity index is 1.90. The normalized spacial score (nSPS) is 16.9. The molecule has 3 aromatic carbocycles. The smallest absolute Gasteiger partial charge is 0.300 e. The standard InChI is InChI=1S/C27H24BrN3O4/c1-16(32)29-20-5-4-6-22(15-20)31-24(17-9-13-21(14-10-17)30(2)3)23(26(34)27(31)35)25(33)18-7-11-19(28)12-8-18/h4-15,24,33H,1-3H3,(H,29,32)/b25-23+. The summed E-state index contributed by atoms with van der Waals surface area (Å²) in [7, 11) is 3.84. The van der Waals surface area contributed by atoms with E-state index in [1.807, 2.05) is 43.3 Å². The van der Waals surface area contributed by atoms with E-state index in [1.165, 1.54) is 11.8 Å². The molecule has 3 aromatic rings. The highest BCUT2D eigenvalue weighted by Crippen LogP contribution is 2.43. The molecular formula is C27H24BrN3O4. The first-order chi connectivity index (χ1) is 16.7. The van der Waals surface area contributed by atoms with Gasteiger partial charge in [0, 0.05) is 48.1 Å². The summed E-state index contributed by atoms with van der Waals surface area (Å²) in [6.45, 7) is 1.39. The maximum Gasteiger partial charge on any atom is 0.300 e. The van der Waals surface area contributed by atoms with Crippen molar-refractivity contribution in [3.63, 3.8) is 0 Å². The van der Waals surface area contributed by atoms with Crippen molar-refractivity contribution in [1.29, 1.82) is 0 Å². The number of rotatable bonds is 5. The number of anilines is 3. The number of benzene rings is 3. The molecule has 0 aromatic heterocycles. The van der Waals surface area contributed by atoms with E-state index in [-0.39, 0.29) is 17.2 Å². The molecule has 1 fully saturated rings. The Morgan fingerprint density at radius 3 is 2.26 bits per heavy atom. The van der Waals surface area contributed by atoms with E-state index in [9.17, 15) is 19.5 Å². The minimum Gasteiger partial charge on any atom is -0.507 e. The summed E-state index contributed by atoms with van der Waals surface area (Å²) < 4.78 is 0.820. The fraction of sp³-hybridized carbons (Fsp3) is 0.148. The van der Waals surface area contributed by atoms with Gasteiger partial charge in [0.15, 0.2) is 0 Å². The zero-order valence-electron chi connectivity index (χ0n) is 19.4. The number of aliphatic hydroxyl groups is 1. The van der Waals surface area contributed by atoms with E-state index in [4.69, 9.17) is 0 Å². The van der Waals surface area contributed by atoms with E-state index < -0.39 is 17.7 Å². The number of aliphatic hydroxyl groups excluding tert-OH is 1. The van der Waals surface area contributed by atoms with E-state index in [2.05, 4.69) is 21.2 Å². The van der Waals surface area contributed by atoms with Gasteiger partial charge in [0.05, 0.1) is 11.6 Å². The van der Waals surface area contributed by atoms with Gasteiger partial charge in [-0.3, -0.25) is 19.3 Å². The number of nitrogens with zero attached hydrogens (tertiary/aromatic N) is 2. The lowest BCUT2D eigenvalue weighted by Crippen LogP contribution is -2.29. The number of amides is 2. The maximum absolute atomic E-state index is 13.3. The van der Waals surface area contributed by atoms with Gasteiger partial charge in [0.1, 0.15) is 5.76 Å². The fourth-order valence-corrected chi connectivity index (χ4v) is 4.33. The van der Waals surface area contributed by atoms with Gasteiger partial charge < -0.3 is 15.3 Å². The molecule has 1 aliphatic heterocycles. The van der Waals surface area contributed by atoms with Crippen LogP contribution in [0.4, 0.5) is 17.1 Å². The first-order valence-corrected chi connectivity index (χ1v) is 11.7. The van der Waals surface area contributed by atoms with Crippen LogP contribution in [0.3, 0.4) is 0 Å². The minimum absolute atomic E-state index is 0.000134. The molecule has 0 bridgehead atoms. The molecule has 1 atom stereocenters. The monoisotopic (exact) mass is 533 g/mol. The van der Waals surface area contributed by atoms with Crippen LogP contribution in [0, 0.1) is 0 Å². The quantitative estimate of drug-likeness (QED) is 0.270. The number of hydrogen-bond acceptors (Lipinski definition) is 5. The molecule has 1 heterocycles. The van der Waals surface area contributed by atoms with E-state index in [0.29, 0.717) is 22.5 Å². The van der Waals surface area contributed by atoms with Crippen LogP contribution in [0.15, 0.2) is 82.8 Å². The SMILES string of the molecule is CC(=O)Nc1cccc(N2C(=O)C(=O)/C(=C(/O)c3ccc(Br)cc3)C2c2ccc(N(C)C)cc2)c1. The van der Waals surface area contributed by atoms with Crippen LogP contribution in [0.5, 0.6) is 0 Å². The fourth-order valence-electron chi connectivity index (χ4n) is 4.07. The van der Waals surface area contributed by atoms with Crippen LogP contribution >= 0.6 is 15.9 Å². The molecule has 2 amide bonds. The second kappa shape index (κ2) is 9.76. The highest BCUT2D eigenvalue weighted by molar-refractivity contribution is 9.10. The molecule has 178 valence electrons. The average Bonchev–Trinajstić information content (AvgIpc) is 3.09. The van der Waals surface area contributed by atoms with Crippen molar-refractivity contribution in [2.45, 2.75) is 13.0 Å². The molecule has 7 nitrogen and oxygen atoms in total. The maximum atomic E-state index is 13.3. The number of carbonyl (C=O) groups is 3. The largest absolute Gasteiger partial charge is 0.507 e. The Kier molecular flexibility index (Phi) is 6.75. The number of halogens is 1. The lowest BCUT2D eigenvalue weighted by molar-refractivity contribution is -0.132. The van der Waals surface area contributed by atoms with Crippen molar-refractivity contribution in [3.8, 4) is 0 Å². The molecular weight excluding hydrogens is 510 g/mol. The molecule has 0 saturated carbocycles. The third kappa shape index (κ3) is 4.83. The van der Waals surface area contributed by atoms with Crippen molar-refractivity contribution in [2.75, 3.05) is 29.2 Å². The van der Waals surface area contributed by atoms with Crippen molar-refractivity contribution < 1.29 is 19.5 Å². The molecule has 1 unspecified atom stereocenters. The van der Waals surface area contributed by atoms with Crippen LogP contribution in [0.1, 0.15) is 24.1 Å². The number of ketones is 1. The second-order valence-electron chi connectivity index (χ2n) is 8.39. The topological polar surface area (TPSA) is 90.0 Å². The Morgan fingerprint density at radius 2 is 1.66 bits per heavy atom. The lowest BCUT2D eigenvalue weighted by atomic mass is 9.95. The summed E-state index contributed by atoms with van der Waals surface area (Å²) >= 11 is 3.37. The average molecular weight is 534 g/mol. The Hall–Kier alpha value is -3.91. The van der Waals surface area contributed by atoms with Gasteiger partial charge in [-0.05, 0) is 48.0 Å². The zero-order valence-corrected chi connectivity index (χ0v) is 21.0. The number of carbonyl (C=O) groups excluding carboxylic acids is 3. The Morgan fingerprint density at radius 1 is 1.00 bits per heavy atom. The highest BCUT2D eigenvalue weighted by Gasteiger charge is 2.47. The van der Waals surface area contributed by atoms with Gasteiger partial charge in [0.2, 0.25) is 5.91 Å². The summed E-state index contributed by atoms with van der Waals surface area (Å²) in [4.78, 5) is 41.5. The first kappa shape index (κ1) is 24.2. The summed E-state index contributed by atoms with van der Waals surface area (Å²) in [6.07, 6.45) is 0. The van der Waals surface area contributed by atoms with Crippen LogP contribution in [0.25, 0.3) is 5.76 Å². The Labute approximate surface area is 211 Å². The highest BCUT2D eigenvalue weighted by atomic mass is 79.9. The third-order valence-electron chi connectivity index (χ3n) is 5.73. The molecule has 0 spiro atoms. The van der Waals surface area contributed by atoms with Gasteiger partial charge in [-0.15, -0.1) is 0 Å². The van der Waals surface area contributed by atoms with Crippen LogP contribution < -0.4 is 15.1 Å². The van der Waals surface area contributed by atoms with E-state index >= 15 is 0 Å². The van der Waals surface area contributed by atoms with Crippen molar-refractivity contribution >= 4 is 56.3 Å². The van der Waals surface area contributed by atoms with Gasteiger partial charge in [0.25, 0.3) is 11.7 Å². The molecule has 2 N–H and O–H groups in total. The molecule has 1 saturated heterocycles. The number of Topliss-reactive ketones (excluding diaryl/α,β-unsaturated/α-hetero) is 1. The van der Waals surface area contributed by atoms with Crippen molar-refractivity contribution in [1.82, 2.24) is 0 Å². The molecule has 1 aliphatic rings. The van der Waals surface area contributed by atoms with Crippen molar-refractivity contribution in [2.24, 2.45) is 0 Å². The molecule has 4 rings (SSSR count). The summed E-state index contributed by atoms with van der Waals surface area (Å²) in [6, 6.07) is 20.2. The lowest BCUT2D eigenvalue weighted by Gasteiger charge is -2.26. The molecule has 0 radical (unpaired) electrons. The van der Waals surface area contributed by atoms with Gasteiger partial charge >= 0.3 is 0 Å². The van der Waals surface area contributed by atoms with Crippen molar-refractivity contribution in [3.05, 3.63) is 94.0 Å². The zero-order chi connectivity index (χ0) is 25.3. The van der Waals surface area contributed by atoms with E-state index in [1.54, 1.807) is 48.5 Å². The summed E-state index contributed by atoms with van der Waals surface area (Å²) in [5.74, 6) is -2.05. The van der Waals surface area contributed by atoms with E-state index in [0.717, 1.165) is 10.2 Å². The number of hydrogen-bond donors (Lipinski definition) is 2. The van der Waals surface area contributed by atoms with Crippen LogP contribution in [-0.4, -0.2) is 36.8 Å². The predicted octanol–water partition coefficient (Wildman–Crippen LogP) is 5.10. The second-order valence-corrected chi connectivity index (χ2v) is 9.31. The molecule has 8 heteroatoms. The van der Waals surface area contributed by atoms with Gasteiger partial charge in [-0.1, -0.05) is 46.3 Å². The van der Waals surface area contributed by atoms with Crippen LogP contribution in [-0.2, 0) is 14.4 Å². The first-order valence-electron chi connectivity index (χ1n) is 10.9. The predicted molar refractivity (Wildman–Crippen MR) is 140 cm³/mol. The Bertz CT molecular complexity index is 1330. The van der Waals surface area contributed by atoms with Gasteiger partial charge in [-0.2, -0.15) is 0 Å². The molecule has 0 aliphatic carbocycles. The minimum atomic E-state index is -0.859. The summed E-state index contributed by atoms with van der Waals surface area (Å²) in [5.41, 5.74) is 2.96. The summed E-state index contributed by atoms with van der Waals surface area (Å²) in [5, 5.41) is 13.9. The third-order valence-corrected chi connectivity index (χ3v) is 6.26. The number of nitrogens with one attached hydrogen (secondary N) is 1. The van der Waals surface area contributed by atoms with Crippen LogP contribution in [0.2, 0.25) is 0 Å². The molecule has 35 heavy (non-hydrogen) atoms. The van der Waals surface area contributed by atoms with Gasteiger partial charge in [-0.25, -0.2) is 0 Å².